The monoisotopic (exact) mass is 828 g/mol. The molecular weight excluding hydrogens is 768 g/mol. The Morgan fingerprint density at radius 3 is 2.29 bits per heavy atom. The predicted octanol–water partition coefficient (Wildman–Crippen LogP) is 8.46. The smallest absolute Gasteiger partial charge is 0.410 e. The molecule has 2 aromatic heterocycles. The Balaban J connectivity index is 1.33. The van der Waals surface area contributed by atoms with Gasteiger partial charge in [0.1, 0.15) is 25.2 Å². The molecule has 2 aromatic carbocycles. The fourth-order valence-corrected chi connectivity index (χ4v) is 14.6. The van der Waals surface area contributed by atoms with Crippen molar-refractivity contribution in [2.75, 3.05) is 45.1 Å². The molecule has 59 heavy (non-hydrogen) atoms. The average molecular weight is 829 g/mol. The number of anilines is 1. The summed E-state index contributed by atoms with van der Waals surface area (Å²) in [6.45, 7) is 20.9. The van der Waals surface area contributed by atoms with Gasteiger partial charge in [-0.05, 0) is 92.2 Å². The molecule has 1 aliphatic carbocycles. The summed E-state index contributed by atoms with van der Waals surface area (Å²) in [5, 5.41) is 11.6. The maximum atomic E-state index is 16.2. The van der Waals surface area contributed by atoms with Crippen molar-refractivity contribution in [2.24, 2.45) is 5.41 Å². The Bertz CT molecular complexity index is 2220. The average Bonchev–Trinajstić information content (AvgIpc) is 3.77. The lowest BCUT2D eigenvalue weighted by molar-refractivity contribution is 0.0122. The van der Waals surface area contributed by atoms with Gasteiger partial charge in [0.25, 0.3) is 0 Å². The molecule has 14 heteroatoms. The van der Waals surface area contributed by atoms with Crippen LogP contribution in [0.5, 0.6) is 11.6 Å². The number of carbonyl (C=O) groups excluding carboxylic acids is 1. The number of fused-ring (bicyclic) bond motifs is 4. The van der Waals surface area contributed by atoms with Crippen LogP contribution < -0.4 is 14.4 Å². The molecular formula is C45H61FN6O6Si. The van der Waals surface area contributed by atoms with E-state index in [1.807, 2.05) is 42.4 Å². The number of ether oxygens (including phenoxy) is 4. The molecule has 3 fully saturated rings. The quantitative estimate of drug-likeness (QED) is 0.0798. The van der Waals surface area contributed by atoms with Crippen LogP contribution in [0.25, 0.3) is 21.9 Å². The highest BCUT2D eigenvalue weighted by Crippen LogP contribution is 2.46. The van der Waals surface area contributed by atoms with E-state index in [1.165, 1.54) is 6.07 Å². The van der Waals surface area contributed by atoms with E-state index in [1.54, 1.807) is 19.5 Å². The highest BCUT2D eigenvalue weighted by atomic mass is 28.3. The third-order valence-electron chi connectivity index (χ3n) is 12.7. The van der Waals surface area contributed by atoms with Gasteiger partial charge in [0.2, 0.25) is 11.8 Å². The maximum Gasteiger partial charge on any atom is 0.410 e. The number of hydrogen-bond donors (Lipinski definition) is 1. The third-order valence-corrected chi connectivity index (χ3v) is 19.0. The molecule has 4 aromatic rings. The summed E-state index contributed by atoms with van der Waals surface area (Å²) < 4.78 is 41.6. The van der Waals surface area contributed by atoms with Crippen LogP contribution in [0.4, 0.5) is 15.1 Å². The van der Waals surface area contributed by atoms with Crippen molar-refractivity contribution in [3.8, 4) is 23.1 Å². The summed E-state index contributed by atoms with van der Waals surface area (Å²) in [7, 11) is -0.635. The van der Waals surface area contributed by atoms with Gasteiger partial charge < -0.3 is 33.5 Å². The summed E-state index contributed by atoms with van der Waals surface area (Å²) in [5.74, 6) is 4.46. The highest BCUT2D eigenvalue weighted by Gasteiger charge is 2.46. The van der Waals surface area contributed by atoms with E-state index in [2.05, 4.69) is 57.9 Å². The number of methoxy groups -OCH3 is 1. The number of halogens is 1. The van der Waals surface area contributed by atoms with E-state index in [0.717, 1.165) is 36.6 Å². The van der Waals surface area contributed by atoms with Crippen molar-refractivity contribution in [2.45, 2.75) is 129 Å². The molecule has 2 atom stereocenters. The van der Waals surface area contributed by atoms with Gasteiger partial charge in [-0.2, -0.15) is 9.97 Å². The fraction of sp³-hybridized carbons (Fsp3) is 0.600. The number of rotatable bonds is 13. The van der Waals surface area contributed by atoms with E-state index < -0.39 is 13.7 Å². The molecule has 4 heterocycles. The summed E-state index contributed by atoms with van der Waals surface area (Å²) in [6, 6.07) is 6.97. The largest absolute Gasteiger partial charge is 0.475 e. The van der Waals surface area contributed by atoms with Gasteiger partial charge in [-0.1, -0.05) is 53.5 Å². The van der Waals surface area contributed by atoms with Crippen molar-refractivity contribution in [3.63, 3.8) is 0 Å². The van der Waals surface area contributed by atoms with Crippen LogP contribution in [-0.4, -0.2) is 102 Å². The molecule has 0 radical (unpaired) electrons. The molecule has 2 aliphatic heterocycles. The number of aliphatic hydroxyl groups excluding tert-OH is 1. The standard InChI is InChI=1S/C45H61FN6O6Si/c1-28(2)59(29(3)4,30(5)6)18-15-36-37(46)14-11-31-19-35(57-27-55-10)20-32(38(31)36)21-51-26-47-39-40(51)48-42(49-41(39)56-25-45(24-53)16-17-45)50-22-33-12-13-34(23-50)52(33)43(54)58-44(7,8)9/h11,14,19-20,26,28-30,33-34,53H,12-13,16-17,21-25,27H2,1-10H3/t33-,34+. The second-order valence-electron chi connectivity index (χ2n) is 18.8. The molecule has 0 unspecified atom stereocenters. The van der Waals surface area contributed by atoms with Crippen LogP contribution >= 0.6 is 0 Å². The Labute approximate surface area is 348 Å². The summed E-state index contributed by atoms with van der Waals surface area (Å²) in [5.41, 5.74) is 6.20. The molecule has 1 N–H and O–H groups in total. The predicted molar refractivity (Wildman–Crippen MR) is 230 cm³/mol. The zero-order chi connectivity index (χ0) is 42.4. The number of imidazole rings is 1. The van der Waals surface area contributed by atoms with Gasteiger partial charge in [-0.25, -0.2) is 14.2 Å². The lowest BCUT2D eigenvalue weighted by Gasteiger charge is -2.41. The van der Waals surface area contributed by atoms with E-state index in [4.69, 9.17) is 33.9 Å². The number of amides is 1. The highest BCUT2D eigenvalue weighted by molar-refractivity contribution is 6.90. The second kappa shape index (κ2) is 16.5. The maximum absolute atomic E-state index is 16.2. The first-order valence-corrected chi connectivity index (χ1v) is 23.3. The van der Waals surface area contributed by atoms with E-state index in [0.29, 0.717) is 76.0 Å². The van der Waals surface area contributed by atoms with Crippen LogP contribution in [0.15, 0.2) is 30.6 Å². The molecule has 7 rings (SSSR count). The molecule has 12 nitrogen and oxygen atoms in total. The van der Waals surface area contributed by atoms with Gasteiger partial charge in [-0.15, -0.1) is 5.54 Å². The van der Waals surface area contributed by atoms with Crippen LogP contribution in [-0.2, 0) is 16.0 Å². The fourth-order valence-electron chi connectivity index (χ4n) is 9.43. The lowest BCUT2D eigenvalue weighted by Crippen LogP contribution is -2.57. The molecule has 318 valence electrons. The second-order valence-corrected chi connectivity index (χ2v) is 24.4. The third kappa shape index (κ3) is 8.48. The number of benzene rings is 2. The number of carbonyl (C=O) groups is 1. The van der Waals surface area contributed by atoms with E-state index in [9.17, 15) is 9.90 Å². The van der Waals surface area contributed by atoms with E-state index in [-0.39, 0.29) is 49.4 Å². The molecule has 2 bridgehead atoms. The Morgan fingerprint density at radius 2 is 1.69 bits per heavy atom. The van der Waals surface area contributed by atoms with E-state index >= 15 is 4.39 Å². The number of aromatic nitrogens is 4. The zero-order valence-corrected chi connectivity index (χ0v) is 37.4. The lowest BCUT2D eigenvalue weighted by atomic mass is 9.98. The number of piperazine rings is 1. The Hall–Kier alpha value is -4.45. The van der Waals surface area contributed by atoms with Crippen LogP contribution in [0.2, 0.25) is 16.6 Å². The summed E-state index contributed by atoms with van der Waals surface area (Å²) in [4.78, 5) is 32.2. The normalized spacial score (nSPS) is 18.9. The number of nitrogens with zero attached hydrogens (tertiary/aromatic N) is 6. The van der Waals surface area contributed by atoms with Gasteiger partial charge in [-0.3, -0.25) is 4.90 Å². The van der Waals surface area contributed by atoms with Crippen molar-refractivity contribution in [3.05, 3.63) is 47.5 Å². The molecule has 3 aliphatic rings. The Kier molecular flexibility index (Phi) is 12.0. The van der Waals surface area contributed by atoms with Crippen molar-refractivity contribution in [1.82, 2.24) is 24.4 Å². The van der Waals surface area contributed by atoms with Gasteiger partial charge in [0.05, 0.1) is 43.7 Å². The van der Waals surface area contributed by atoms with Gasteiger partial charge in [0.15, 0.2) is 18.0 Å². The minimum Gasteiger partial charge on any atom is -0.475 e. The summed E-state index contributed by atoms with van der Waals surface area (Å²) in [6.07, 6.45) is 4.88. The first kappa shape index (κ1) is 42.7. The SMILES string of the molecule is COCOc1cc(Cn2cnc3c(OCC4(CO)CC4)nc(N4C[C@H]5CC[C@@H](C4)N5C(=O)OC(C)(C)C)nc32)c2c(C#C[Si](C(C)C)(C(C)C)C(C)C)c(F)ccc2c1. The van der Waals surface area contributed by atoms with Crippen molar-refractivity contribution >= 4 is 42.1 Å². The topological polar surface area (TPSA) is 124 Å². The minimum absolute atomic E-state index is 0.0317. The number of hydrogen-bond acceptors (Lipinski definition) is 10. The van der Waals surface area contributed by atoms with Crippen LogP contribution in [0, 0.1) is 22.7 Å². The summed E-state index contributed by atoms with van der Waals surface area (Å²) >= 11 is 0. The minimum atomic E-state index is -2.21. The first-order valence-electron chi connectivity index (χ1n) is 21.1. The van der Waals surface area contributed by atoms with Crippen molar-refractivity contribution < 1.29 is 33.2 Å². The van der Waals surface area contributed by atoms with Crippen LogP contribution in [0.1, 0.15) is 99.1 Å². The Morgan fingerprint density at radius 1 is 1.02 bits per heavy atom. The zero-order valence-electron chi connectivity index (χ0n) is 36.4. The molecule has 1 amide bonds. The first-order chi connectivity index (χ1) is 28.0. The van der Waals surface area contributed by atoms with Crippen molar-refractivity contribution in [1.29, 1.82) is 0 Å². The van der Waals surface area contributed by atoms with Gasteiger partial charge >= 0.3 is 6.09 Å². The molecule has 0 spiro atoms. The van der Waals surface area contributed by atoms with Gasteiger partial charge in [0, 0.05) is 31.0 Å². The number of aliphatic hydroxyl groups is 1. The van der Waals surface area contributed by atoms with Crippen LogP contribution in [0.3, 0.4) is 0 Å². The molecule has 2 saturated heterocycles. The molecule has 1 saturated carbocycles.